The van der Waals surface area contributed by atoms with E-state index in [0.717, 1.165) is 25.6 Å². The molecule has 0 saturated carbocycles. The minimum atomic E-state index is -0.252. The fourth-order valence-corrected chi connectivity index (χ4v) is 2.81. The SMILES string of the molecule is CN(C)CC1CCN(Cc2cccc(N)c2F)CC1. The molecule has 0 radical (unpaired) electrons. The second-order valence-corrected chi connectivity index (χ2v) is 5.80. The van der Waals surface area contributed by atoms with Gasteiger partial charge in [0.15, 0.2) is 5.82 Å². The Labute approximate surface area is 115 Å². The lowest BCUT2D eigenvalue weighted by molar-refractivity contribution is 0.155. The molecule has 1 aromatic rings. The smallest absolute Gasteiger partial charge is 0.150 e. The van der Waals surface area contributed by atoms with Gasteiger partial charge in [-0.25, -0.2) is 4.39 Å². The van der Waals surface area contributed by atoms with Crippen molar-refractivity contribution in [1.29, 1.82) is 0 Å². The average molecular weight is 265 g/mol. The Hall–Kier alpha value is -1.13. The molecule has 19 heavy (non-hydrogen) atoms. The van der Waals surface area contributed by atoms with E-state index in [1.54, 1.807) is 6.07 Å². The van der Waals surface area contributed by atoms with Gasteiger partial charge in [0, 0.05) is 18.7 Å². The van der Waals surface area contributed by atoms with Crippen LogP contribution in [-0.4, -0.2) is 43.5 Å². The molecule has 2 N–H and O–H groups in total. The highest BCUT2D eigenvalue weighted by Gasteiger charge is 2.20. The fraction of sp³-hybridized carbons (Fsp3) is 0.600. The van der Waals surface area contributed by atoms with Crippen molar-refractivity contribution >= 4 is 5.69 Å². The van der Waals surface area contributed by atoms with Crippen molar-refractivity contribution in [1.82, 2.24) is 9.80 Å². The normalized spacial score (nSPS) is 18.1. The zero-order chi connectivity index (χ0) is 13.8. The first kappa shape index (κ1) is 14.3. The largest absolute Gasteiger partial charge is 0.396 e. The van der Waals surface area contributed by atoms with Crippen molar-refractivity contribution in [2.75, 3.05) is 39.5 Å². The van der Waals surface area contributed by atoms with Gasteiger partial charge in [-0.2, -0.15) is 0 Å². The van der Waals surface area contributed by atoms with Gasteiger partial charge in [-0.15, -0.1) is 0 Å². The second kappa shape index (κ2) is 6.35. The van der Waals surface area contributed by atoms with Crippen LogP contribution in [0.3, 0.4) is 0 Å². The first-order valence-electron chi connectivity index (χ1n) is 6.96. The highest BCUT2D eigenvalue weighted by atomic mass is 19.1. The highest BCUT2D eigenvalue weighted by Crippen LogP contribution is 2.22. The Balaban J connectivity index is 1.87. The summed E-state index contributed by atoms with van der Waals surface area (Å²) in [6, 6.07) is 5.27. The maximum Gasteiger partial charge on any atom is 0.150 e. The lowest BCUT2D eigenvalue weighted by atomic mass is 9.96. The number of halogens is 1. The molecule has 4 heteroatoms. The maximum atomic E-state index is 13.8. The van der Waals surface area contributed by atoms with E-state index in [1.165, 1.54) is 12.8 Å². The Kier molecular flexibility index (Phi) is 4.77. The molecule has 0 aromatic heterocycles. The number of nitrogens with zero attached hydrogens (tertiary/aromatic N) is 2. The van der Waals surface area contributed by atoms with Crippen LogP contribution in [0.4, 0.5) is 10.1 Å². The van der Waals surface area contributed by atoms with Crippen molar-refractivity contribution in [3.05, 3.63) is 29.6 Å². The summed E-state index contributed by atoms with van der Waals surface area (Å²) < 4.78 is 13.8. The molecule has 2 rings (SSSR count). The molecule has 1 aliphatic heterocycles. The van der Waals surface area contributed by atoms with Gasteiger partial charge < -0.3 is 10.6 Å². The second-order valence-electron chi connectivity index (χ2n) is 5.80. The van der Waals surface area contributed by atoms with Crippen molar-refractivity contribution in [3.8, 4) is 0 Å². The molecule has 1 saturated heterocycles. The van der Waals surface area contributed by atoms with Gasteiger partial charge in [0.05, 0.1) is 5.69 Å². The molecule has 0 bridgehead atoms. The van der Waals surface area contributed by atoms with Crippen molar-refractivity contribution in [3.63, 3.8) is 0 Å². The van der Waals surface area contributed by atoms with Gasteiger partial charge in [0.1, 0.15) is 0 Å². The lowest BCUT2D eigenvalue weighted by Crippen LogP contribution is -2.36. The minimum Gasteiger partial charge on any atom is -0.396 e. The van der Waals surface area contributed by atoms with Crippen molar-refractivity contribution < 1.29 is 4.39 Å². The summed E-state index contributed by atoms with van der Waals surface area (Å²) in [5.74, 6) is 0.523. The number of nitrogens with two attached hydrogens (primary N) is 1. The summed E-state index contributed by atoms with van der Waals surface area (Å²) in [7, 11) is 4.24. The van der Waals surface area contributed by atoms with E-state index in [9.17, 15) is 4.39 Å². The minimum absolute atomic E-state index is 0.250. The van der Waals surface area contributed by atoms with Crippen LogP contribution in [0.5, 0.6) is 0 Å². The number of piperidine rings is 1. The first-order valence-corrected chi connectivity index (χ1v) is 6.96. The third-order valence-corrected chi connectivity index (χ3v) is 3.83. The van der Waals surface area contributed by atoms with E-state index in [0.29, 0.717) is 12.1 Å². The maximum absolute atomic E-state index is 13.8. The van der Waals surface area contributed by atoms with Crippen LogP contribution in [-0.2, 0) is 6.54 Å². The zero-order valence-corrected chi connectivity index (χ0v) is 11.9. The van der Waals surface area contributed by atoms with E-state index >= 15 is 0 Å². The van der Waals surface area contributed by atoms with Gasteiger partial charge >= 0.3 is 0 Å². The predicted molar refractivity (Wildman–Crippen MR) is 77.4 cm³/mol. The third kappa shape index (κ3) is 3.91. The standard InChI is InChI=1S/C15H24FN3/c1-18(2)10-12-6-8-19(9-7-12)11-13-4-3-5-14(17)15(13)16/h3-5,12H,6-11,17H2,1-2H3. The summed E-state index contributed by atoms with van der Waals surface area (Å²) in [6.07, 6.45) is 2.39. The molecule has 0 unspecified atom stereocenters. The highest BCUT2D eigenvalue weighted by molar-refractivity contribution is 5.42. The number of rotatable bonds is 4. The summed E-state index contributed by atoms with van der Waals surface area (Å²) in [6.45, 7) is 3.92. The van der Waals surface area contributed by atoms with Crippen LogP contribution < -0.4 is 5.73 Å². The number of hydrogen-bond acceptors (Lipinski definition) is 3. The van der Waals surface area contributed by atoms with E-state index in [2.05, 4.69) is 23.9 Å². The van der Waals surface area contributed by atoms with E-state index in [4.69, 9.17) is 5.73 Å². The number of benzene rings is 1. The molecule has 1 aliphatic rings. The molecule has 0 aliphatic carbocycles. The zero-order valence-electron chi connectivity index (χ0n) is 11.9. The molecule has 0 atom stereocenters. The number of likely N-dealkylation sites (tertiary alicyclic amines) is 1. The Morgan fingerprint density at radius 1 is 1.32 bits per heavy atom. The van der Waals surface area contributed by atoms with Crippen molar-refractivity contribution in [2.45, 2.75) is 19.4 Å². The van der Waals surface area contributed by atoms with Gasteiger partial charge in [-0.05, 0) is 52.0 Å². The summed E-state index contributed by atoms with van der Waals surface area (Å²) in [5, 5.41) is 0. The molecule has 3 nitrogen and oxygen atoms in total. The molecule has 106 valence electrons. The average Bonchev–Trinajstić information content (AvgIpc) is 2.37. The Morgan fingerprint density at radius 2 is 2.00 bits per heavy atom. The molecular formula is C15H24FN3. The first-order chi connectivity index (χ1) is 9.06. The van der Waals surface area contributed by atoms with Crippen LogP contribution in [0.2, 0.25) is 0 Å². The Morgan fingerprint density at radius 3 is 2.63 bits per heavy atom. The number of nitrogen functional groups attached to an aromatic ring is 1. The summed E-state index contributed by atoms with van der Waals surface area (Å²) >= 11 is 0. The van der Waals surface area contributed by atoms with Crippen LogP contribution in [0.15, 0.2) is 18.2 Å². The topological polar surface area (TPSA) is 32.5 Å². The quantitative estimate of drug-likeness (QED) is 0.847. The lowest BCUT2D eigenvalue weighted by Gasteiger charge is -2.33. The summed E-state index contributed by atoms with van der Waals surface area (Å²) in [5.41, 5.74) is 6.57. The van der Waals surface area contributed by atoms with Crippen LogP contribution in [0.25, 0.3) is 0 Å². The number of hydrogen-bond donors (Lipinski definition) is 1. The molecule has 0 amide bonds. The molecule has 1 heterocycles. The molecule has 0 spiro atoms. The number of anilines is 1. The monoisotopic (exact) mass is 265 g/mol. The van der Waals surface area contributed by atoms with E-state index < -0.39 is 0 Å². The summed E-state index contributed by atoms with van der Waals surface area (Å²) in [4.78, 5) is 4.57. The van der Waals surface area contributed by atoms with Gasteiger partial charge in [-0.1, -0.05) is 12.1 Å². The van der Waals surface area contributed by atoms with E-state index in [1.807, 2.05) is 12.1 Å². The predicted octanol–water partition coefficient (Wildman–Crippen LogP) is 2.18. The van der Waals surface area contributed by atoms with Gasteiger partial charge in [0.25, 0.3) is 0 Å². The molecule has 1 fully saturated rings. The van der Waals surface area contributed by atoms with Gasteiger partial charge in [-0.3, -0.25) is 4.90 Å². The van der Waals surface area contributed by atoms with Crippen molar-refractivity contribution in [2.24, 2.45) is 5.92 Å². The van der Waals surface area contributed by atoms with Crippen LogP contribution in [0.1, 0.15) is 18.4 Å². The molecule has 1 aromatic carbocycles. The van der Waals surface area contributed by atoms with Crippen LogP contribution in [0, 0.1) is 11.7 Å². The van der Waals surface area contributed by atoms with E-state index in [-0.39, 0.29) is 11.5 Å². The Bertz CT molecular complexity index is 412. The third-order valence-electron chi connectivity index (χ3n) is 3.83. The van der Waals surface area contributed by atoms with Crippen LogP contribution >= 0.6 is 0 Å². The molecular weight excluding hydrogens is 241 g/mol. The fourth-order valence-electron chi connectivity index (χ4n) is 2.81. The van der Waals surface area contributed by atoms with Gasteiger partial charge in [0.2, 0.25) is 0 Å².